The van der Waals surface area contributed by atoms with Gasteiger partial charge in [-0.3, -0.25) is 9.48 Å². The molecule has 2 aromatic heterocycles. The van der Waals surface area contributed by atoms with Crippen molar-refractivity contribution in [3.8, 4) is 0 Å². The number of nitrogens with one attached hydrogen (secondary N) is 2. The van der Waals surface area contributed by atoms with Crippen LogP contribution in [0.2, 0.25) is 0 Å². The molecule has 0 spiro atoms. The van der Waals surface area contributed by atoms with Crippen molar-refractivity contribution in [3.63, 3.8) is 0 Å². The lowest BCUT2D eigenvalue weighted by atomic mass is 10.2. The van der Waals surface area contributed by atoms with Crippen LogP contribution in [0.25, 0.3) is 0 Å². The largest absolute Gasteiger partial charge is 0.371 e. The second kappa shape index (κ2) is 9.84. The van der Waals surface area contributed by atoms with Crippen LogP contribution in [0.1, 0.15) is 25.0 Å². The van der Waals surface area contributed by atoms with Gasteiger partial charge in [-0.2, -0.15) is 10.1 Å². The molecule has 1 amide bonds. The van der Waals surface area contributed by atoms with E-state index in [0.29, 0.717) is 36.1 Å². The summed E-state index contributed by atoms with van der Waals surface area (Å²) < 4.78 is 14.8. The minimum atomic E-state index is -0.256. The highest BCUT2D eigenvalue weighted by Gasteiger charge is 2.17. The fourth-order valence-corrected chi connectivity index (χ4v) is 2.93. The molecule has 0 aliphatic carbocycles. The van der Waals surface area contributed by atoms with E-state index in [0.717, 1.165) is 11.1 Å². The first-order valence-corrected chi connectivity index (χ1v) is 9.86. The number of rotatable bonds is 8. The van der Waals surface area contributed by atoms with Gasteiger partial charge in [0.2, 0.25) is 5.95 Å². The molecular weight excluding hydrogens is 397 g/mol. The average molecular weight is 423 g/mol. The van der Waals surface area contributed by atoms with E-state index >= 15 is 0 Å². The monoisotopic (exact) mass is 423 g/mol. The average Bonchev–Trinajstić information content (AvgIpc) is 3.24. The fraction of sp³-hybridized carbons (Fsp3) is 0.273. The van der Waals surface area contributed by atoms with Gasteiger partial charge in [0, 0.05) is 38.0 Å². The van der Waals surface area contributed by atoms with E-state index in [9.17, 15) is 9.18 Å². The first-order valence-electron chi connectivity index (χ1n) is 9.86. The second-order valence-corrected chi connectivity index (χ2v) is 7.04. The summed E-state index contributed by atoms with van der Waals surface area (Å²) >= 11 is 0. The van der Waals surface area contributed by atoms with E-state index in [-0.39, 0.29) is 11.7 Å². The van der Waals surface area contributed by atoms with Crippen LogP contribution in [-0.4, -0.2) is 39.8 Å². The lowest BCUT2D eigenvalue weighted by Crippen LogP contribution is -2.28. The molecule has 2 heterocycles. The lowest BCUT2D eigenvalue weighted by Gasteiger charge is -2.20. The molecule has 0 fully saturated rings. The molecule has 0 bridgehead atoms. The second-order valence-electron chi connectivity index (χ2n) is 7.04. The number of carbonyl (C=O) groups is 1. The summed E-state index contributed by atoms with van der Waals surface area (Å²) in [5.41, 5.74) is 3.15. The summed E-state index contributed by atoms with van der Waals surface area (Å²) in [7, 11) is 3.44. The van der Waals surface area contributed by atoms with Crippen molar-refractivity contribution >= 4 is 23.4 Å². The van der Waals surface area contributed by atoms with Crippen LogP contribution in [0.4, 0.5) is 21.8 Å². The first-order chi connectivity index (χ1) is 14.9. The molecule has 0 saturated carbocycles. The fourth-order valence-electron chi connectivity index (χ4n) is 2.93. The van der Waals surface area contributed by atoms with E-state index in [1.54, 1.807) is 56.3 Å². The zero-order chi connectivity index (χ0) is 22.4. The molecule has 0 saturated heterocycles. The molecule has 8 nitrogen and oxygen atoms in total. The maximum absolute atomic E-state index is 13.0. The highest BCUT2D eigenvalue weighted by molar-refractivity contribution is 6.06. The Morgan fingerprint density at radius 1 is 1.23 bits per heavy atom. The molecule has 0 aliphatic rings. The number of benzene rings is 1. The van der Waals surface area contributed by atoms with Gasteiger partial charge in [0.25, 0.3) is 5.91 Å². The molecule has 3 rings (SSSR count). The Bertz CT molecular complexity index is 1080. The maximum Gasteiger partial charge on any atom is 0.253 e. The molecule has 31 heavy (non-hydrogen) atoms. The number of anilines is 3. The predicted molar refractivity (Wildman–Crippen MR) is 119 cm³/mol. The highest BCUT2D eigenvalue weighted by Crippen LogP contribution is 2.24. The molecule has 3 aromatic rings. The van der Waals surface area contributed by atoms with E-state index in [1.165, 1.54) is 17.0 Å². The van der Waals surface area contributed by atoms with Crippen LogP contribution in [0.15, 0.2) is 54.5 Å². The smallest absolute Gasteiger partial charge is 0.253 e. The van der Waals surface area contributed by atoms with Crippen molar-refractivity contribution < 1.29 is 9.18 Å². The minimum absolute atomic E-state index is 0.114. The standard InChI is InChI=1S/C22H26FN7O/c1-5-15(2)21(31)29(4)19-12-26-22(28-20(19)24-3)25-10-17-11-27-30(14-17)13-16-6-8-18(23)9-7-16/h5-9,11-12,14H,10,13H2,1-4H3,(H2,24,25,26,28)/b15-5-. The van der Waals surface area contributed by atoms with Gasteiger partial charge >= 0.3 is 0 Å². The third-order valence-corrected chi connectivity index (χ3v) is 4.84. The number of halogens is 1. The molecule has 1 aromatic carbocycles. The third-order valence-electron chi connectivity index (χ3n) is 4.84. The van der Waals surface area contributed by atoms with Crippen molar-refractivity contribution in [2.24, 2.45) is 0 Å². The molecule has 0 unspecified atom stereocenters. The van der Waals surface area contributed by atoms with Crippen molar-refractivity contribution in [1.29, 1.82) is 0 Å². The molecule has 0 atom stereocenters. The topological polar surface area (TPSA) is 88.0 Å². The number of hydrogen-bond acceptors (Lipinski definition) is 6. The Kier molecular flexibility index (Phi) is 6.96. The van der Waals surface area contributed by atoms with Gasteiger partial charge < -0.3 is 15.5 Å². The van der Waals surface area contributed by atoms with E-state index in [1.807, 2.05) is 13.1 Å². The van der Waals surface area contributed by atoms with Crippen molar-refractivity contribution in [3.05, 3.63) is 71.4 Å². The number of amides is 1. The third kappa shape index (κ3) is 5.44. The highest BCUT2D eigenvalue weighted by atomic mass is 19.1. The molecule has 2 N–H and O–H groups in total. The Hall–Kier alpha value is -3.75. The number of aromatic nitrogens is 4. The van der Waals surface area contributed by atoms with Gasteiger partial charge in [0.1, 0.15) is 11.5 Å². The summed E-state index contributed by atoms with van der Waals surface area (Å²) in [5, 5.41) is 10.5. The van der Waals surface area contributed by atoms with Gasteiger partial charge in [-0.05, 0) is 31.5 Å². The zero-order valence-electron chi connectivity index (χ0n) is 18.1. The molecule has 0 aliphatic heterocycles. The number of allylic oxidation sites excluding steroid dienone is 1. The Balaban J connectivity index is 1.65. The maximum atomic E-state index is 13.0. The number of nitrogens with zero attached hydrogens (tertiary/aromatic N) is 5. The zero-order valence-corrected chi connectivity index (χ0v) is 18.1. The Morgan fingerprint density at radius 2 is 1.97 bits per heavy atom. The lowest BCUT2D eigenvalue weighted by molar-refractivity contribution is -0.114. The molecule has 9 heteroatoms. The summed E-state index contributed by atoms with van der Waals surface area (Å²) in [5.74, 6) is 0.609. The van der Waals surface area contributed by atoms with Crippen molar-refractivity contribution in [2.75, 3.05) is 29.6 Å². The van der Waals surface area contributed by atoms with Gasteiger partial charge in [0.15, 0.2) is 5.82 Å². The Labute approximate surface area is 180 Å². The normalized spacial score (nSPS) is 11.3. The molecule has 162 valence electrons. The van der Waals surface area contributed by atoms with E-state index < -0.39 is 0 Å². The summed E-state index contributed by atoms with van der Waals surface area (Å²) in [6, 6.07) is 6.35. The number of carbonyl (C=O) groups excluding carboxylic acids is 1. The van der Waals surface area contributed by atoms with E-state index in [4.69, 9.17) is 0 Å². The summed E-state index contributed by atoms with van der Waals surface area (Å²) in [4.78, 5) is 22.7. The van der Waals surface area contributed by atoms with Gasteiger partial charge in [-0.25, -0.2) is 9.37 Å². The van der Waals surface area contributed by atoms with Crippen LogP contribution >= 0.6 is 0 Å². The summed E-state index contributed by atoms with van der Waals surface area (Å²) in [6.07, 6.45) is 7.05. The van der Waals surface area contributed by atoms with Crippen LogP contribution in [0, 0.1) is 5.82 Å². The van der Waals surface area contributed by atoms with Gasteiger partial charge in [-0.1, -0.05) is 18.2 Å². The van der Waals surface area contributed by atoms with Crippen molar-refractivity contribution in [2.45, 2.75) is 26.9 Å². The SMILES string of the molecule is C/C=C(/C)C(=O)N(C)c1cnc(NCc2cnn(Cc3ccc(F)cc3)c2)nc1NC. The molecule has 0 radical (unpaired) electrons. The van der Waals surface area contributed by atoms with Crippen LogP contribution < -0.4 is 15.5 Å². The van der Waals surface area contributed by atoms with Crippen LogP contribution in [0.5, 0.6) is 0 Å². The number of hydrogen-bond donors (Lipinski definition) is 2. The minimum Gasteiger partial charge on any atom is -0.371 e. The van der Waals surface area contributed by atoms with Crippen LogP contribution in [0.3, 0.4) is 0 Å². The van der Waals surface area contributed by atoms with Gasteiger partial charge in [-0.15, -0.1) is 0 Å². The first kappa shape index (κ1) is 21.9. The number of likely N-dealkylation sites (N-methyl/N-ethyl adjacent to an activating group) is 1. The molecular formula is C22H26FN7O. The van der Waals surface area contributed by atoms with Gasteiger partial charge in [0.05, 0.1) is 18.9 Å². The quantitative estimate of drug-likeness (QED) is 0.540. The predicted octanol–water partition coefficient (Wildman–Crippen LogP) is 3.44. The Morgan fingerprint density at radius 3 is 2.65 bits per heavy atom. The van der Waals surface area contributed by atoms with Crippen LogP contribution in [-0.2, 0) is 17.9 Å². The van der Waals surface area contributed by atoms with E-state index in [2.05, 4.69) is 25.7 Å². The van der Waals surface area contributed by atoms with Crippen molar-refractivity contribution in [1.82, 2.24) is 19.7 Å². The summed E-state index contributed by atoms with van der Waals surface area (Å²) in [6.45, 7) is 4.63.